The molecule has 1 N–H and O–H groups in total. The molecule has 0 aromatic carbocycles. The Kier molecular flexibility index (Phi) is 3.82. The summed E-state index contributed by atoms with van der Waals surface area (Å²) >= 11 is 0. The molecule has 2 heterocycles. The first-order valence-corrected chi connectivity index (χ1v) is 6.01. The first-order valence-electron chi connectivity index (χ1n) is 6.01. The zero-order valence-corrected chi connectivity index (χ0v) is 10.1. The monoisotopic (exact) mass is 248 g/mol. The molecule has 1 aliphatic rings. The van der Waals surface area contributed by atoms with Crippen molar-refractivity contribution in [2.45, 2.75) is 19.4 Å². The van der Waals surface area contributed by atoms with E-state index < -0.39 is 5.97 Å². The fourth-order valence-electron chi connectivity index (χ4n) is 2.09. The summed E-state index contributed by atoms with van der Waals surface area (Å²) in [6.45, 7) is 1.94. The lowest BCUT2D eigenvalue weighted by atomic mass is 10.3. The number of amides is 1. The normalized spacial score (nSPS) is 15.4. The number of aromatic nitrogens is 1. The van der Waals surface area contributed by atoms with E-state index in [1.165, 1.54) is 6.08 Å². The molecule has 0 radical (unpaired) electrons. The minimum absolute atomic E-state index is 0.0914. The van der Waals surface area contributed by atoms with Gasteiger partial charge in [0.2, 0.25) is 5.91 Å². The van der Waals surface area contributed by atoms with Gasteiger partial charge in [0.1, 0.15) is 6.54 Å². The summed E-state index contributed by atoms with van der Waals surface area (Å²) < 4.78 is 1.76. The maximum Gasteiger partial charge on any atom is 0.328 e. The quantitative estimate of drug-likeness (QED) is 0.815. The zero-order valence-electron chi connectivity index (χ0n) is 10.1. The lowest BCUT2D eigenvalue weighted by molar-refractivity contribution is -0.131. The van der Waals surface area contributed by atoms with Crippen molar-refractivity contribution >= 4 is 18.0 Å². The average molecular weight is 248 g/mol. The molecule has 96 valence electrons. The SMILES string of the molecule is O=C(O)/C=C/c1cccn1CC(=O)N1CCCC1. The van der Waals surface area contributed by atoms with Gasteiger partial charge in [-0.2, -0.15) is 0 Å². The van der Waals surface area contributed by atoms with E-state index in [1.54, 1.807) is 22.9 Å². The van der Waals surface area contributed by atoms with Gasteiger partial charge in [0.15, 0.2) is 0 Å². The number of carbonyl (C=O) groups is 2. The fraction of sp³-hybridized carbons (Fsp3) is 0.385. The number of likely N-dealkylation sites (tertiary alicyclic amines) is 1. The van der Waals surface area contributed by atoms with E-state index in [1.807, 2.05) is 4.90 Å². The van der Waals surface area contributed by atoms with Crippen molar-refractivity contribution in [1.29, 1.82) is 0 Å². The molecule has 2 rings (SSSR count). The second-order valence-electron chi connectivity index (χ2n) is 4.32. The maximum atomic E-state index is 12.0. The Morgan fingerprint density at radius 3 is 2.72 bits per heavy atom. The minimum Gasteiger partial charge on any atom is -0.478 e. The molecule has 0 bridgehead atoms. The van der Waals surface area contributed by atoms with Gasteiger partial charge in [-0.15, -0.1) is 0 Å². The molecule has 1 amide bonds. The molecule has 0 spiro atoms. The van der Waals surface area contributed by atoms with Gasteiger partial charge >= 0.3 is 5.97 Å². The second kappa shape index (κ2) is 5.53. The van der Waals surface area contributed by atoms with Gasteiger partial charge in [0, 0.05) is 31.1 Å². The Morgan fingerprint density at radius 1 is 1.33 bits per heavy atom. The molecular formula is C13H16N2O3. The van der Waals surface area contributed by atoms with Crippen LogP contribution in [0.1, 0.15) is 18.5 Å². The third-order valence-corrected chi connectivity index (χ3v) is 3.03. The predicted octanol–water partition coefficient (Wildman–Crippen LogP) is 1.21. The third-order valence-electron chi connectivity index (χ3n) is 3.03. The average Bonchev–Trinajstić information content (AvgIpc) is 2.97. The Bertz CT molecular complexity index is 470. The summed E-state index contributed by atoms with van der Waals surface area (Å²) in [5, 5.41) is 8.59. The molecular weight excluding hydrogens is 232 g/mol. The summed E-state index contributed by atoms with van der Waals surface area (Å²) in [6, 6.07) is 3.59. The van der Waals surface area contributed by atoms with E-state index in [4.69, 9.17) is 5.11 Å². The molecule has 0 unspecified atom stereocenters. The summed E-state index contributed by atoms with van der Waals surface area (Å²) in [4.78, 5) is 24.3. The maximum absolute atomic E-state index is 12.0. The topological polar surface area (TPSA) is 62.5 Å². The van der Waals surface area contributed by atoms with Crippen LogP contribution < -0.4 is 0 Å². The Morgan fingerprint density at radius 2 is 2.06 bits per heavy atom. The number of rotatable bonds is 4. The van der Waals surface area contributed by atoms with E-state index in [9.17, 15) is 9.59 Å². The van der Waals surface area contributed by atoms with E-state index in [0.717, 1.165) is 37.7 Å². The smallest absolute Gasteiger partial charge is 0.328 e. The number of aliphatic carboxylic acids is 1. The molecule has 1 aromatic heterocycles. The molecule has 0 atom stereocenters. The number of hydrogen-bond donors (Lipinski definition) is 1. The van der Waals surface area contributed by atoms with Crippen LogP contribution in [0.25, 0.3) is 6.08 Å². The largest absolute Gasteiger partial charge is 0.478 e. The molecule has 18 heavy (non-hydrogen) atoms. The summed E-state index contributed by atoms with van der Waals surface area (Å²) in [5.41, 5.74) is 0.727. The summed E-state index contributed by atoms with van der Waals surface area (Å²) in [6.07, 6.45) is 6.51. The van der Waals surface area contributed by atoms with Gasteiger partial charge in [-0.1, -0.05) is 0 Å². The van der Waals surface area contributed by atoms with E-state index in [0.29, 0.717) is 0 Å². The lowest BCUT2D eigenvalue weighted by Gasteiger charge is -2.16. The Labute approximate surface area is 105 Å². The first kappa shape index (κ1) is 12.4. The van der Waals surface area contributed by atoms with Crippen molar-refractivity contribution in [2.24, 2.45) is 0 Å². The summed E-state index contributed by atoms with van der Waals surface area (Å²) in [7, 11) is 0. The van der Waals surface area contributed by atoms with Crippen molar-refractivity contribution in [1.82, 2.24) is 9.47 Å². The van der Waals surface area contributed by atoms with Gasteiger partial charge in [0.25, 0.3) is 0 Å². The molecule has 1 aromatic rings. The predicted molar refractivity (Wildman–Crippen MR) is 66.9 cm³/mol. The van der Waals surface area contributed by atoms with Crippen LogP contribution in [0.5, 0.6) is 0 Å². The third kappa shape index (κ3) is 3.00. The van der Waals surface area contributed by atoms with Gasteiger partial charge < -0.3 is 14.6 Å². The van der Waals surface area contributed by atoms with Crippen molar-refractivity contribution in [3.8, 4) is 0 Å². The summed E-state index contributed by atoms with van der Waals surface area (Å²) in [5.74, 6) is -0.901. The number of carboxylic acid groups (broad SMARTS) is 1. The number of nitrogens with zero attached hydrogens (tertiary/aromatic N) is 2. The van der Waals surface area contributed by atoms with Crippen molar-refractivity contribution in [3.05, 3.63) is 30.1 Å². The van der Waals surface area contributed by atoms with E-state index >= 15 is 0 Å². The number of carboxylic acids is 1. The highest BCUT2D eigenvalue weighted by Crippen LogP contribution is 2.10. The van der Waals surface area contributed by atoms with Crippen molar-refractivity contribution in [3.63, 3.8) is 0 Å². The minimum atomic E-state index is -0.992. The second-order valence-corrected chi connectivity index (χ2v) is 4.32. The van der Waals surface area contributed by atoms with Crippen LogP contribution in [0.15, 0.2) is 24.4 Å². The van der Waals surface area contributed by atoms with Gasteiger partial charge in [-0.25, -0.2) is 4.79 Å². The van der Waals surface area contributed by atoms with Crippen LogP contribution in [-0.2, 0) is 16.1 Å². The van der Waals surface area contributed by atoms with Crippen LogP contribution >= 0.6 is 0 Å². The van der Waals surface area contributed by atoms with Gasteiger partial charge in [0.05, 0.1) is 0 Å². The molecule has 5 nitrogen and oxygen atoms in total. The van der Waals surface area contributed by atoms with Crippen LogP contribution in [0, 0.1) is 0 Å². The molecule has 5 heteroatoms. The van der Waals surface area contributed by atoms with Crippen LogP contribution in [0.3, 0.4) is 0 Å². The number of hydrogen-bond acceptors (Lipinski definition) is 2. The molecule has 0 saturated carbocycles. The fourth-order valence-corrected chi connectivity index (χ4v) is 2.09. The molecule has 1 fully saturated rings. The zero-order chi connectivity index (χ0) is 13.0. The molecule has 1 saturated heterocycles. The van der Waals surface area contributed by atoms with E-state index in [-0.39, 0.29) is 12.5 Å². The van der Waals surface area contributed by atoms with Gasteiger partial charge in [-0.05, 0) is 31.1 Å². The molecule has 1 aliphatic heterocycles. The Balaban J connectivity index is 2.02. The highest BCUT2D eigenvalue weighted by molar-refractivity contribution is 5.85. The van der Waals surface area contributed by atoms with E-state index in [2.05, 4.69) is 0 Å². The standard InChI is InChI=1S/C13H16N2O3/c16-12(14-7-1-2-8-14)10-15-9-3-4-11(15)5-6-13(17)18/h3-6,9H,1-2,7-8,10H2,(H,17,18)/b6-5+. The van der Waals surface area contributed by atoms with Crippen molar-refractivity contribution < 1.29 is 14.7 Å². The van der Waals surface area contributed by atoms with Crippen LogP contribution in [-0.4, -0.2) is 39.5 Å². The highest BCUT2D eigenvalue weighted by atomic mass is 16.4. The lowest BCUT2D eigenvalue weighted by Crippen LogP contribution is -2.31. The van der Waals surface area contributed by atoms with Gasteiger partial charge in [-0.3, -0.25) is 4.79 Å². The Hall–Kier alpha value is -2.04. The number of carbonyl (C=O) groups excluding carboxylic acids is 1. The van der Waals surface area contributed by atoms with Crippen LogP contribution in [0.4, 0.5) is 0 Å². The van der Waals surface area contributed by atoms with Crippen molar-refractivity contribution in [2.75, 3.05) is 13.1 Å². The highest BCUT2D eigenvalue weighted by Gasteiger charge is 2.18. The molecule has 0 aliphatic carbocycles. The first-order chi connectivity index (χ1) is 8.66. The van der Waals surface area contributed by atoms with Crippen LogP contribution in [0.2, 0.25) is 0 Å².